The minimum atomic E-state index is -3.01. The van der Waals surface area contributed by atoms with Crippen molar-refractivity contribution in [1.82, 2.24) is 60.9 Å². The van der Waals surface area contributed by atoms with Gasteiger partial charge in [-0.15, -0.1) is 0 Å². The van der Waals surface area contributed by atoms with Crippen LogP contribution >= 0.6 is 108 Å². The first-order chi connectivity index (χ1) is 27.9. The van der Waals surface area contributed by atoms with Crippen molar-refractivity contribution in [3.63, 3.8) is 0 Å². The maximum atomic E-state index is 5.64. The first kappa shape index (κ1) is 43.7. The summed E-state index contributed by atoms with van der Waals surface area (Å²) in [6.07, 6.45) is 38.5. The van der Waals surface area contributed by atoms with Crippen LogP contribution in [0.5, 0.6) is 0 Å². The second-order valence-electron chi connectivity index (χ2n) is 11.4. The second-order valence-corrected chi connectivity index (χ2v) is 34.4. The largest absolute Gasteiger partial charge is 0.381 e. The molecule has 0 amide bonds. The predicted molar refractivity (Wildman–Crippen MR) is 238 cm³/mol. The molecule has 32 heteroatoms. The number of hydrogen-bond donors (Lipinski definition) is 1. The fourth-order valence-electron chi connectivity index (χ4n) is 5.17. The van der Waals surface area contributed by atoms with E-state index in [0.29, 0.717) is 0 Å². The number of imidazole rings is 6. The highest BCUT2D eigenvalue weighted by molar-refractivity contribution is 8.26. The van der Waals surface area contributed by atoms with Gasteiger partial charge in [0.05, 0.1) is 6.33 Å². The first-order valence-corrected chi connectivity index (χ1v) is 31.8. The highest BCUT2D eigenvalue weighted by Gasteiger charge is 2.43. The second kappa shape index (κ2) is 18.7. The van der Waals surface area contributed by atoms with Crippen molar-refractivity contribution in [2.45, 2.75) is 12.8 Å². The Morgan fingerprint density at radius 3 is 0.983 bits per heavy atom. The molecule has 3 aliphatic heterocycles. The van der Waals surface area contributed by atoms with E-state index in [1.807, 2.05) is 77.2 Å². The fourth-order valence-corrected chi connectivity index (χ4v) is 37.1. The smallest absolute Gasteiger partial charge is 0.283 e. The van der Waals surface area contributed by atoms with E-state index in [1.165, 1.54) is 12.8 Å². The molecular weight excluding hydrogens is 993 g/mol. The number of rotatable bonds is 6. The molecule has 1 saturated heterocycles. The van der Waals surface area contributed by atoms with Crippen LogP contribution in [0.1, 0.15) is 12.8 Å². The van der Waals surface area contributed by atoms with Gasteiger partial charge in [-0.1, -0.05) is 0 Å². The molecule has 1 atom stereocenters. The summed E-state index contributed by atoms with van der Waals surface area (Å²) in [6.45, 7) is 2.00. The van der Waals surface area contributed by atoms with Crippen LogP contribution in [0.25, 0.3) is 0 Å². The van der Waals surface area contributed by atoms with Crippen molar-refractivity contribution in [2.75, 3.05) is 13.2 Å². The van der Waals surface area contributed by atoms with Gasteiger partial charge in [-0.3, -0.25) is 26.0 Å². The van der Waals surface area contributed by atoms with Crippen molar-refractivity contribution >= 4 is 108 Å². The van der Waals surface area contributed by atoms with Crippen LogP contribution in [-0.4, -0.2) is 74.1 Å². The Morgan fingerprint density at radius 1 is 0.414 bits per heavy atom. The van der Waals surface area contributed by atoms with Gasteiger partial charge in [0.15, 0.2) is 0 Å². The molecule has 0 radical (unpaired) electrons. The zero-order valence-corrected chi connectivity index (χ0v) is 39.3. The van der Waals surface area contributed by atoms with Gasteiger partial charge in [-0.05, 0) is 92.4 Å². The molecule has 3 aliphatic rings. The first-order valence-electron chi connectivity index (χ1n) is 16.5. The Bertz CT molecular complexity index is 2240. The molecular formula is C26H31Cl6N19OP6. The van der Waals surface area contributed by atoms with Crippen molar-refractivity contribution in [1.29, 1.82) is 0 Å². The topological polar surface area (TPSA) is 206 Å². The van der Waals surface area contributed by atoms with E-state index in [4.69, 9.17) is 85.7 Å². The third-order valence-electron chi connectivity index (χ3n) is 7.50. The van der Waals surface area contributed by atoms with Gasteiger partial charge in [-0.2, -0.15) is 27.1 Å². The third-order valence-corrected chi connectivity index (χ3v) is 30.9. The molecule has 20 nitrogen and oxygen atoms in total. The maximum absolute atomic E-state index is 5.64. The Balaban J connectivity index is 0.000000189. The van der Waals surface area contributed by atoms with Crippen LogP contribution in [0.2, 0.25) is 0 Å². The van der Waals surface area contributed by atoms with E-state index >= 15 is 0 Å². The molecule has 7 aromatic rings. The molecule has 7 aromatic heterocycles. The van der Waals surface area contributed by atoms with Gasteiger partial charge in [0.2, 0.25) is 0 Å². The van der Waals surface area contributed by atoms with E-state index in [-0.39, 0.29) is 0 Å². The van der Waals surface area contributed by atoms with E-state index in [9.17, 15) is 0 Å². The molecule has 308 valence electrons. The Kier molecular flexibility index (Phi) is 14.1. The molecule has 0 unspecified atom stereocenters. The Hall–Kier alpha value is -2.38. The lowest BCUT2D eigenvalue weighted by Crippen LogP contribution is -2.13. The van der Waals surface area contributed by atoms with Crippen molar-refractivity contribution in [3.8, 4) is 0 Å². The zero-order valence-electron chi connectivity index (χ0n) is 29.4. The number of aromatic nitrogens is 13. The standard InChI is InChI=1S/C19H19N14P3.C4H8O.C3H4N2.Cl6N3P3/c1-2-9-28(8-1)34(29-10-3-20-15-29)25-35(30-11-4-21-16-30,31-12-5-22-17-31)27-36(26-34,32-13-6-23-18-32)33-14-7-24-19-33;1-2-4-5-3-1;1-2-5-3-4-1;1-10(2)7-11(3,4)9-12(5,6)8-10/h1-19H;1-4H2;1-3H,(H,4,5);. The Morgan fingerprint density at radius 2 is 0.759 bits per heavy atom. The van der Waals surface area contributed by atoms with E-state index < -0.39 is 40.3 Å². The maximum Gasteiger partial charge on any atom is 0.283 e. The number of nitrogens with one attached hydrogen (secondary N) is 1. The molecule has 10 heterocycles. The highest BCUT2D eigenvalue weighted by atomic mass is 35.9. The van der Waals surface area contributed by atoms with Crippen molar-refractivity contribution < 1.29 is 4.74 Å². The van der Waals surface area contributed by atoms with Crippen LogP contribution in [0, 0.1) is 0 Å². The summed E-state index contributed by atoms with van der Waals surface area (Å²) in [5.41, 5.74) is 0. The van der Waals surface area contributed by atoms with Gasteiger partial charge in [0, 0.05) is 100.0 Å². The Labute approximate surface area is 361 Å². The summed E-state index contributed by atoms with van der Waals surface area (Å²) in [5, 5.41) is 0. The van der Waals surface area contributed by atoms with Gasteiger partial charge in [-0.25, -0.2) is 29.9 Å². The number of H-pyrrole nitrogens is 1. The van der Waals surface area contributed by atoms with Crippen LogP contribution in [0.3, 0.4) is 0 Å². The lowest BCUT2D eigenvalue weighted by atomic mass is 10.4. The van der Waals surface area contributed by atoms with E-state index in [0.717, 1.165) is 13.2 Å². The molecule has 58 heavy (non-hydrogen) atoms. The minimum Gasteiger partial charge on any atom is -0.381 e. The van der Waals surface area contributed by atoms with Gasteiger partial charge in [0.25, 0.3) is 40.3 Å². The number of halogens is 6. The minimum absolute atomic E-state index is 1.00. The molecule has 1 N–H and O–H groups in total. The summed E-state index contributed by atoms with van der Waals surface area (Å²) < 4.78 is 44.7. The van der Waals surface area contributed by atoms with Gasteiger partial charge < -0.3 is 9.72 Å². The van der Waals surface area contributed by atoms with Crippen LogP contribution in [-0.2, 0) is 4.74 Å². The number of aromatic amines is 1. The summed E-state index contributed by atoms with van der Waals surface area (Å²) >= 11 is 33.9. The summed E-state index contributed by atoms with van der Waals surface area (Å²) in [6, 6.07) is 3.94. The normalized spacial score (nSPS) is 21.5. The lowest BCUT2D eigenvalue weighted by molar-refractivity contribution is 0.198. The van der Waals surface area contributed by atoms with Crippen molar-refractivity contribution in [3.05, 3.63) is 137 Å². The predicted octanol–water partition coefficient (Wildman–Crippen LogP) is 13.4. The van der Waals surface area contributed by atoms with Gasteiger partial charge >= 0.3 is 0 Å². The summed E-state index contributed by atoms with van der Waals surface area (Å²) in [5.74, 6) is -8.72. The third kappa shape index (κ3) is 10.0. The molecule has 0 saturated carbocycles. The quantitative estimate of drug-likeness (QED) is 0.159. The molecule has 10 rings (SSSR count). The molecule has 0 bridgehead atoms. The summed E-state index contributed by atoms with van der Waals surface area (Å²) in [4.78, 5) is 28.3. The molecule has 0 aromatic carbocycles. The highest BCUT2D eigenvalue weighted by Crippen LogP contribution is 2.88. The van der Waals surface area contributed by atoms with E-state index in [2.05, 4.69) is 52.8 Å². The summed E-state index contributed by atoms with van der Waals surface area (Å²) in [7, 11) is -9.00. The average Bonchev–Trinajstić information content (AvgIpc) is 4.06. The van der Waals surface area contributed by atoms with Crippen LogP contribution < -0.4 is 0 Å². The van der Waals surface area contributed by atoms with E-state index in [1.54, 1.807) is 81.3 Å². The number of nitrogens with zero attached hydrogens (tertiary/aromatic N) is 18. The van der Waals surface area contributed by atoms with Crippen LogP contribution in [0.15, 0.2) is 164 Å². The van der Waals surface area contributed by atoms with Crippen molar-refractivity contribution in [2.24, 2.45) is 27.1 Å². The fraction of sp³-hybridized carbons (Fsp3) is 0.154. The van der Waals surface area contributed by atoms with Gasteiger partial charge in [0.1, 0.15) is 31.6 Å². The molecule has 0 spiro atoms. The SMILES string of the molecule is C1CCOC1.ClP1(Cl)=NP(Cl)(Cl)=NP(Cl)(Cl)=N1.c1c[nH]cn1.c1ccn([P@@]2(n3ccnc3)=NP(n3ccnc3)(n3ccnc3)=NP(n3ccnc3)(n3ccnc3)=N2)c1. The number of ether oxygens (including phenoxy) is 1. The number of hydrogen-bond acceptors (Lipinski definition) is 13. The molecule has 0 aliphatic carbocycles. The molecule has 1 fully saturated rings. The average molecular weight is 1020 g/mol. The van der Waals surface area contributed by atoms with Crippen LogP contribution in [0.4, 0.5) is 0 Å². The zero-order chi connectivity index (χ0) is 40.7. The monoisotopic (exact) mass is 1020 g/mol. The lowest BCUT2D eigenvalue weighted by Gasteiger charge is -2.37.